The molecule has 0 radical (unpaired) electrons. The van der Waals surface area contributed by atoms with E-state index < -0.39 is 20.0 Å². The predicted molar refractivity (Wildman–Crippen MR) is 113 cm³/mol. The van der Waals surface area contributed by atoms with Gasteiger partial charge in [0.25, 0.3) is 10.0 Å². The molecule has 0 aromatic heterocycles. The monoisotopic (exact) mass is 438 g/mol. The Labute approximate surface area is 172 Å². The summed E-state index contributed by atoms with van der Waals surface area (Å²) in [6.07, 6.45) is 1.18. The van der Waals surface area contributed by atoms with Gasteiger partial charge < -0.3 is 4.74 Å². The van der Waals surface area contributed by atoms with Crippen molar-refractivity contribution in [2.45, 2.75) is 38.1 Å². The van der Waals surface area contributed by atoms with Crippen molar-refractivity contribution in [3.8, 4) is 5.75 Å². The first-order chi connectivity index (χ1) is 13.7. The highest BCUT2D eigenvalue weighted by Crippen LogP contribution is 2.26. The maximum absolute atomic E-state index is 12.7. The van der Waals surface area contributed by atoms with Crippen LogP contribution in [0.15, 0.2) is 47.4 Å². The molecule has 0 fully saturated rings. The number of rotatable bonds is 8. The molecule has 7 nitrogen and oxygen atoms in total. The van der Waals surface area contributed by atoms with Crippen LogP contribution >= 0.6 is 0 Å². The first-order valence-corrected chi connectivity index (χ1v) is 12.7. The van der Waals surface area contributed by atoms with E-state index in [1.807, 2.05) is 19.9 Å². The lowest BCUT2D eigenvalue weighted by Crippen LogP contribution is -2.37. The van der Waals surface area contributed by atoms with Crippen molar-refractivity contribution in [2.24, 2.45) is 0 Å². The molecule has 2 aromatic rings. The van der Waals surface area contributed by atoms with E-state index >= 15 is 0 Å². The van der Waals surface area contributed by atoms with Crippen molar-refractivity contribution < 1.29 is 21.6 Å². The highest BCUT2D eigenvalue weighted by molar-refractivity contribution is 7.92. The van der Waals surface area contributed by atoms with E-state index in [1.165, 1.54) is 16.4 Å². The molecule has 0 bridgehead atoms. The number of nitrogens with zero attached hydrogens (tertiary/aromatic N) is 1. The van der Waals surface area contributed by atoms with Gasteiger partial charge in [-0.05, 0) is 67.3 Å². The number of nitrogens with one attached hydrogen (secondary N) is 1. The van der Waals surface area contributed by atoms with Crippen molar-refractivity contribution in [3.63, 3.8) is 0 Å². The zero-order valence-corrected chi connectivity index (χ0v) is 18.2. The summed E-state index contributed by atoms with van der Waals surface area (Å²) in [7, 11) is -7.05. The molecule has 0 aliphatic carbocycles. The average molecular weight is 439 g/mol. The molecule has 0 saturated carbocycles. The Balaban J connectivity index is 1.79. The molecule has 1 N–H and O–H groups in total. The number of fused-ring (bicyclic) bond motifs is 1. The van der Waals surface area contributed by atoms with E-state index in [1.54, 1.807) is 24.3 Å². The van der Waals surface area contributed by atoms with Crippen LogP contribution in [0.25, 0.3) is 0 Å². The lowest BCUT2D eigenvalue weighted by Gasteiger charge is -2.28. The Morgan fingerprint density at radius 2 is 1.72 bits per heavy atom. The number of hydrogen-bond donors (Lipinski definition) is 1. The lowest BCUT2D eigenvalue weighted by molar-refractivity contribution is 0.340. The first kappa shape index (κ1) is 21.6. The van der Waals surface area contributed by atoms with E-state index in [0.29, 0.717) is 37.4 Å². The van der Waals surface area contributed by atoms with Gasteiger partial charge in [-0.15, -0.1) is 0 Å². The van der Waals surface area contributed by atoms with Gasteiger partial charge in [0.1, 0.15) is 5.75 Å². The fraction of sp³-hybridized carbons (Fsp3) is 0.400. The molecular formula is C20H26N2O5S2. The Bertz CT molecular complexity index is 1060. The summed E-state index contributed by atoms with van der Waals surface area (Å²) in [4.78, 5) is 0.130. The summed E-state index contributed by atoms with van der Waals surface area (Å²) in [6.45, 7) is 4.91. The molecule has 29 heavy (non-hydrogen) atoms. The van der Waals surface area contributed by atoms with Gasteiger partial charge in [0.2, 0.25) is 10.0 Å². The second-order valence-electron chi connectivity index (χ2n) is 6.89. The summed E-state index contributed by atoms with van der Waals surface area (Å²) in [6, 6.07) is 11.5. The third-order valence-electron chi connectivity index (χ3n) is 4.74. The van der Waals surface area contributed by atoms with Gasteiger partial charge >= 0.3 is 0 Å². The number of ether oxygens (including phenoxy) is 1. The molecule has 158 valence electrons. The van der Waals surface area contributed by atoms with E-state index in [-0.39, 0.29) is 17.2 Å². The highest BCUT2D eigenvalue weighted by Gasteiger charge is 2.26. The fourth-order valence-electron chi connectivity index (χ4n) is 3.31. The molecule has 0 saturated heterocycles. The van der Waals surface area contributed by atoms with Crippen molar-refractivity contribution in [1.82, 2.24) is 4.31 Å². The second-order valence-corrected chi connectivity index (χ2v) is 10.7. The molecule has 1 aliphatic rings. The van der Waals surface area contributed by atoms with Crippen LogP contribution in [0.4, 0.5) is 5.69 Å². The number of sulfonamides is 2. The van der Waals surface area contributed by atoms with Gasteiger partial charge in [0, 0.05) is 18.8 Å². The van der Waals surface area contributed by atoms with Crippen LogP contribution in [0.1, 0.15) is 31.4 Å². The minimum Gasteiger partial charge on any atom is -0.494 e. The summed E-state index contributed by atoms with van der Waals surface area (Å²) >= 11 is 0. The lowest BCUT2D eigenvalue weighted by atomic mass is 10.0. The topological polar surface area (TPSA) is 92.8 Å². The van der Waals surface area contributed by atoms with Gasteiger partial charge in [-0.1, -0.05) is 13.0 Å². The third kappa shape index (κ3) is 5.09. The molecule has 0 unspecified atom stereocenters. The smallest absolute Gasteiger partial charge is 0.261 e. The maximum Gasteiger partial charge on any atom is 0.261 e. The largest absolute Gasteiger partial charge is 0.494 e. The second kappa shape index (κ2) is 8.73. The van der Waals surface area contributed by atoms with Crippen molar-refractivity contribution in [3.05, 3.63) is 53.6 Å². The van der Waals surface area contributed by atoms with Gasteiger partial charge in [-0.25, -0.2) is 16.8 Å². The first-order valence-electron chi connectivity index (χ1n) is 9.60. The summed E-state index contributed by atoms with van der Waals surface area (Å²) in [5.41, 5.74) is 2.27. The normalized spacial score (nSPS) is 15.0. The average Bonchev–Trinajstić information content (AvgIpc) is 2.68. The third-order valence-corrected chi connectivity index (χ3v) is 8.16. The van der Waals surface area contributed by atoms with Crippen LogP contribution in [-0.4, -0.2) is 40.0 Å². The van der Waals surface area contributed by atoms with Crippen LogP contribution in [0.2, 0.25) is 0 Å². The zero-order valence-electron chi connectivity index (χ0n) is 16.6. The zero-order chi connectivity index (χ0) is 21.1. The van der Waals surface area contributed by atoms with Crippen molar-refractivity contribution in [2.75, 3.05) is 23.6 Å². The van der Waals surface area contributed by atoms with Gasteiger partial charge in [-0.2, -0.15) is 4.31 Å². The Morgan fingerprint density at radius 1 is 1.00 bits per heavy atom. The number of hydrogen-bond acceptors (Lipinski definition) is 5. The maximum atomic E-state index is 12.7. The van der Waals surface area contributed by atoms with Crippen LogP contribution in [-0.2, 0) is 33.0 Å². The molecule has 2 aromatic carbocycles. The Hall–Kier alpha value is -2.10. The standard InChI is InChI=1S/C20H26N2O5S2/c1-3-13-28(23,24)22-12-11-16-5-6-18(14-17(16)15-22)21-29(25,26)20-9-7-19(8-10-20)27-4-2/h5-10,14,21H,3-4,11-13,15H2,1-2H3. The summed E-state index contributed by atoms with van der Waals surface area (Å²) < 4.78 is 59.5. The minimum atomic E-state index is -3.76. The molecule has 0 spiro atoms. The van der Waals surface area contributed by atoms with Gasteiger partial charge in [-0.3, -0.25) is 4.72 Å². The minimum absolute atomic E-state index is 0.117. The van der Waals surface area contributed by atoms with E-state index in [4.69, 9.17) is 4.74 Å². The molecule has 3 rings (SSSR count). The number of anilines is 1. The van der Waals surface area contributed by atoms with Gasteiger partial charge in [0.05, 0.1) is 17.3 Å². The molecule has 0 atom stereocenters. The van der Waals surface area contributed by atoms with Crippen molar-refractivity contribution >= 4 is 25.7 Å². The molecule has 1 heterocycles. The van der Waals surface area contributed by atoms with Crippen LogP contribution in [0.3, 0.4) is 0 Å². The quantitative estimate of drug-likeness (QED) is 0.684. The van der Waals surface area contributed by atoms with Crippen LogP contribution < -0.4 is 9.46 Å². The molecular weight excluding hydrogens is 412 g/mol. The highest BCUT2D eigenvalue weighted by atomic mass is 32.2. The summed E-state index contributed by atoms with van der Waals surface area (Å²) in [5, 5.41) is 0. The Kier molecular flexibility index (Phi) is 6.50. The summed E-state index contributed by atoms with van der Waals surface area (Å²) in [5.74, 6) is 0.723. The van der Waals surface area contributed by atoms with Crippen LogP contribution in [0, 0.1) is 0 Å². The van der Waals surface area contributed by atoms with E-state index in [2.05, 4.69) is 4.72 Å². The molecule has 9 heteroatoms. The van der Waals surface area contributed by atoms with Gasteiger partial charge in [0.15, 0.2) is 0 Å². The number of benzene rings is 2. The van der Waals surface area contributed by atoms with E-state index in [0.717, 1.165) is 11.1 Å². The molecule has 1 aliphatic heterocycles. The predicted octanol–water partition coefficient (Wildman–Crippen LogP) is 2.98. The SMILES string of the molecule is CCCS(=O)(=O)N1CCc2ccc(NS(=O)(=O)c3ccc(OCC)cc3)cc2C1. The van der Waals surface area contributed by atoms with Crippen molar-refractivity contribution in [1.29, 1.82) is 0 Å². The fourth-order valence-corrected chi connectivity index (χ4v) is 5.84. The molecule has 0 amide bonds. The van der Waals surface area contributed by atoms with E-state index in [9.17, 15) is 16.8 Å². The Morgan fingerprint density at radius 3 is 2.38 bits per heavy atom. The van der Waals surface area contributed by atoms with Crippen LogP contribution in [0.5, 0.6) is 5.75 Å².